The van der Waals surface area contributed by atoms with E-state index in [2.05, 4.69) is 5.32 Å². The number of amides is 1. The van der Waals surface area contributed by atoms with E-state index in [4.69, 9.17) is 0 Å². The Morgan fingerprint density at radius 2 is 1.71 bits per heavy atom. The fourth-order valence-electron chi connectivity index (χ4n) is 2.94. The highest BCUT2D eigenvalue weighted by Gasteiger charge is 2.18. The van der Waals surface area contributed by atoms with Crippen LogP contribution in [0.1, 0.15) is 0 Å². The van der Waals surface area contributed by atoms with Crippen molar-refractivity contribution in [3.8, 4) is 5.69 Å². The van der Waals surface area contributed by atoms with E-state index in [0.29, 0.717) is 15.9 Å². The van der Waals surface area contributed by atoms with Gasteiger partial charge in [-0.2, -0.15) is 0 Å². The van der Waals surface area contributed by atoms with Gasteiger partial charge in [0, 0.05) is 0 Å². The van der Waals surface area contributed by atoms with Crippen LogP contribution in [0.2, 0.25) is 0 Å². The molecule has 0 saturated carbocycles. The molecule has 0 aliphatic heterocycles. The Bertz CT molecular complexity index is 1290. The van der Waals surface area contributed by atoms with E-state index in [9.17, 15) is 18.8 Å². The van der Waals surface area contributed by atoms with Gasteiger partial charge in [0.15, 0.2) is 0 Å². The van der Waals surface area contributed by atoms with E-state index in [1.54, 1.807) is 47.8 Å². The van der Waals surface area contributed by atoms with Gasteiger partial charge in [0.25, 0.3) is 5.56 Å². The fourth-order valence-corrected chi connectivity index (χ4v) is 3.76. The molecule has 0 radical (unpaired) electrons. The molecular weight excluding hydrogens is 381 g/mol. The van der Waals surface area contributed by atoms with Crippen LogP contribution in [0.15, 0.2) is 75.6 Å². The molecule has 0 saturated heterocycles. The molecule has 0 spiro atoms. The van der Waals surface area contributed by atoms with E-state index in [1.165, 1.54) is 34.1 Å². The lowest BCUT2D eigenvalue weighted by Crippen LogP contribution is -2.40. The van der Waals surface area contributed by atoms with Crippen LogP contribution < -0.4 is 16.6 Å². The van der Waals surface area contributed by atoms with Crippen LogP contribution in [-0.2, 0) is 11.3 Å². The smallest absolute Gasteiger partial charge is 0.322 e. The normalized spacial score (nSPS) is 10.9. The van der Waals surface area contributed by atoms with Gasteiger partial charge >= 0.3 is 5.69 Å². The van der Waals surface area contributed by atoms with Crippen molar-refractivity contribution >= 4 is 33.1 Å². The zero-order valence-electron chi connectivity index (χ0n) is 14.5. The van der Waals surface area contributed by atoms with Gasteiger partial charge < -0.3 is 5.32 Å². The molecule has 1 N–H and O–H groups in total. The summed E-state index contributed by atoms with van der Waals surface area (Å²) in [5, 5.41) is 4.15. The first-order valence-electron chi connectivity index (χ1n) is 8.39. The average molecular weight is 395 g/mol. The first-order valence-corrected chi connectivity index (χ1v) is 9.27. The van der Waals surface area contributed by atoms with Gasteiger partial charge in [-0.05, 0) is 35.7 Å². The molecule has 0 fully saturated rings. The molecule has 0 bridgehead atoms. The van der Waals surface area contributed by atoms with Crippen LogP contribution in [0.5, 0.6) is 0 Å². The van der Waals surface area contributed by atoms with Crippen molar-refractivity contribution < 1.29 is 9.18 Å². The molecule has 0 aliphatic rings. The number of halogens is 1. The molecular formula is C20H14FN3O3S. The molecule has 0 atom stereocenters. The molecule has 8 heteroatoms. The summed E-state index contributed by atoms with van der Waals surface area (Å²) in [6.07, 6.45) is 0. The fraction of sp³-hybridized carbons (Fsp3) is 0.0500. The molecule has 0 unspecified atom stereocenters. The maximum atomic E-state index is 13.8. The quantitative estimate of drug-likeness (QED) is 0.577. The summed E-state index contributed by atoms with van der Waals surface area (Å²) in [6.45, 7) is -0.354. The Morgan fingerprint density at radius 3 is 2.46 bits per heavy atom. The Balaban J connectivity index is 1.80. The first kappa shape index (κ1) is 17.9. The van der Waals surface area contributed by atoms with Gasteiger partial charge in [-0.15, -0.1) is 11.3 Å². The molecule has 2 aromatic carbocycles. The SMILES string of the molecule is O=C(Cn1c(=O)n(-c2ccccc2)c(=O)c2sccc21)Nc1ccccc1F. The third-order valence-corrected chi connectivity index (χ3v) is 5.11. The van der Waals surface area contributed by atoms with E-state index in [1.807, 2.05) is 0 Å². The summed E-state index contributed by atoms with van der Waals surface area (Å²) in [5.74, 6) is -1.14. The number of hydrogen-bond donors (Lipinski definition) is 1. The van der Waals surface area contributed by atoms with Crippen molar-refractivity contribution in [3.05, 3.63) is 92.7 Å². The second-order valence-electron chi connectivity index (χ2n) is 6.01. The predicted octanol–water partition coefficient (Wildman–Crippen LogP) is 2.99. The highest BCUT2D eigenvalue weighted by atomic mass is 32.1. The average Bonchev–Trinajstić information content (AvgIpc) is 3.18. The zero-order valence-corrected chi connectivity index (χ0v) is 15.3. The number of hydrogen-bond acceptors (Lipinski definition) is 4. The number of benzene rings is 2. The minimum atomic E-state index is -0.634. The van der Waals surface area contributed by atoms with Gasteiger partial charge in [0.05, 0.1) is 16.9 Å². The van der Waals surface area contributed by atoms with E-state index in [0.717, 1.165) is 4.57 Å². The van der Waals surface area contributed by atoms with Gasteiger partial charge in [-0.1, -0.05) is 30.3 Å². The van der Waals surface area contributed by atoms with Crippen LogP contribution in [0.4, 0.5) is 10.1 Å². The minimum absolute atomic E-state index is 0.0264. The van der Waals surface area contributed by atoms with Crippen molar-refractivity contribution in [2.75, 3.05) is 5.32 Å². The van der Waals surface area contributed by atoms with Gasteiger partial charge in [-0.25, -0.2) is 13.8 Å². The number of aromatic nitrogens is 2. The highest BCUT2D eigenvalue weighted by molar-refractivity contribution is 7.17. The summed E-state index contributed by atoms with van der Waals surface area (Å²) < 4.78 is 16.4. The largest absolute Gasteiger partial charge is 0.336 e. The van der Waals surface area contributed by atoms with Crippen molar-refractivity contribution in [2.24, 2.45) is 0 Å². The van der Waals surface area contributed by atoms with Crippen molar-refractivity contribution in [1.29, 1.82) is 0 Å². The number of para-hydroxylation sites is 2. The maximum Gasteiger partial charge on any atom is 0.336 e. The second-order valence-corrected chi connectivity index (χ2v) is 6.92. The Labute approximate surface area is 162 Å². The van der Waals surface area contributed by atoms with Crippen molar-refractivity contribution in [2.45, 2.75) is 6.54 Å². The first-order chi connectivity index (χ1) is 13.6. The summed E-state index contributed by atoms with van der Waals surface area (Å²) >= 11 is 1.19. The Hall–Kier alpha value is -3.52. The molecule has 2 heterocycles. The van der Waals surface area contributed by atoms with Crippen LogP contribution >= 0.6 is 11.3 Å². The lowest BCUT2D eigenvalue weighted by Gasteiger charge is -2.12. The van der Waals surface area contributed by atoms with Crippen molar-refractivity contribution in [3.63, 3.8) is 0 Å². The van der Waals surface area contributed by atoms with Crippen LogP contribution in [-0.4, -0.2) is 15.0 Å². The van der Waals surface area contributed by atoms with E-state index in [-0.39, 0.29) is 12.2 Å². The zero-order chi connectivity index (χ0) is 19.7. The standard InChI is InChI=1S/C20H14FN3O3S/c21-14-8-4-5-9-15(14)22-17(25)12-23-16-10-11-28-18(16)19(26)24(20(23)27)13-6-2-1-3-7-13/h1-11H,12H2,(H,22,25). The summed E-state index contributed by atoms with van der Waals surface area (Å²) in [5.41, 5.74) is -0.261. The monoisotopic (exact) mass is 395 g/mol. The number of rotatable bonds is 4. The molecule has 6 nitrogen and oxygen atoms in total. The number of thiophene rings is 1. The third kappa shape index (κ3) is 3.14. The van der Waals surface area contributed by atoms with Gasteiger partial charge in [0.2, 0.25) is 5.91 Å². The molecule has 1 amide bonds. The number of nitrogens with one attached hydrogen (secondary N) is 1. The van der Waals surface area contributed by atoms with Gasteiger partial charge in [0.1, 0.15) is 17.1 Å². The lowest BCUT2D eigenvalue weighted by molar-refractivity contribution is -0.116. The number of carbonyl (C=O) groups is 1. The molecule has 0 aliphatic carbocycles. The Morgan fingerprint density at radius 1 is 1.00 bits per heavy atom. The third-order valence-electron chi connectivity index (χ3n) is 4.22. The topological polar surface area (TPSA) is 73.1 Å². The van der Waals surface area contributed by atoms with E-state index < -0.39 is 23.0 Å². The van der Waals surface area contributed by atoms with Crippen LogP contribution in [0.3, 0.4) is 0 Å². The summed E-state index contributed by atoms with van der Waals surface area (Å²) in [7, 11) is 0. The van der Waals surface area contributed by atoms with Gasteiger partial charge in [-0.3, -0.25) is 14.2 Å². The van der Waals surface area contributed by atoms with Crippen LogP contribution in [0.25, 0.3) is 15.9 Å². The van der Waals surface area contributed by atoms with Crippen LogP contribution in [0, 0.1) is 5.82 Å². The second kappa shape index (κ2) is 7.24. The minimum Gasteiger partial charge on any atom is -0.322 e. The molecule has 28 heavy (non-hydrogen) atoms. The number of fused-ring (bicyclic) bond motifs is 1. The summed E-state index contributed by atoms with van der Waals surface area (Å²) in [4.78, 5) is 38.3. The highest BCUT2D eigenvalue weighted by Crippen LogP contribution is 2.17. The lowest BCUT2D eigenvalue weighted by atomic mass is 10.3. The predicted molar refractivity (Wildman–Crippen MR) is 107 cm³/mol. The summed E-state index contributed by atoms with van der Waals surface area (Å²) in [6, 6.07) is 15.9. The number of carbonyl (C=O) groups excluding carboxylic acids is 1. The number of anilines is 1. The number of nitrogens with zero attached hydrogens (tertiary/aromatic N) is 2. The molecule has 140 valence electrons. The molecule has 4 rings (SSSR count). The molecule has 2 aromatic heterocycles. The van der Waals surface area contributed by atoms with Crippen molar-refractivity contribution in [1.82, 2.24) is 9.13 Å². The Kier molecular flexibility index (Phi) is 4.62. The molecule has 4 aromatic rings. The maximum absolute atomic E-state index is 13.8. The van der Waals surface area contributed by atoms with E-state index >= 15 is 0 Å².